The van der Waals surface area contributed by atoms with E-state index in [1.807, 2.05) is 27.2 Å². The SMILES string of the molecule is CCCCCCCCCCCCCCCCCC/C=C/CC/C=C/CC/C=C/C(O)C(COP(=O)(O)OCC[N+](C)(C)C)NC(=O)CCCCCCCCCCCCCCCCCCCCCCCCCC. The average Bonchev–Trinajstić information content (AvgIpc) is 3.34. The largest absolute Gasteiger partial charge is 0.472 e. The van der Waals surface area contributed by atoms with Crippen molar-refractivity contribution < 1.29 is 32.9 Å². The average molecular weight is 1040 g/mol. The monoisotopic (exact) mass is 1040 g/mol. The molecule has 0 spiro atoms. The Labute approximate surface area is 448 Å². The number of allylic oxidation sites excluding steroid dienone is 5. The minimum atomic E-state index is -4.36. The van der Waals surface area contributed by atoms with Crippen molar-refractivity contribution >= 4 is 13.7 Å². The van der Waals surface area contributed by atoms with E-state index in [-0.39, 0.29) is 19.1 Å². The number of phosphoric ester groups is 1. The molecule has 0 fully saturated rings. The van der Waals surface area contributed by atoms with Gasteiger partial charge >= 0.3 is 7.82 Å². The smallest absolute Gasteiger partial charge is 0.387 e. The number of hydrogen-bond donors (Lipinski definition) is 3. The molecule has 0 rings (SSSR count). The van der Waals surface area contributed by atoms with Crippen molar-refractivity contribution in [3.05, 3.63) is 36.5 Å². The molecule has 0 aromatic rings. The maximum absolute atomic E-state index is 13.0. The van der Waals surface area contributed by atoms with Crippen molar-refractivity contribution in [2.75, 3.05) is 40.9 Å². The minimum absolute atomic E-state index is 0.0553. The molecule has 0 saturated carbocycles. The van der Waals surface area contributed by atoms with Crippen LogP contribution in [-0.2, 0) is 18.4 Å². The van der Waals surface area contributed by atoms with E-state index >= 15 is 0 Å². The van der Waals surface area contributed by atoms with Crippen molar-refractivity contribution in [1.29, 1.82) is 0 Å². The third-order valence-electron chi connectivity index (χ3n) is 14.3. The van der Waals surface area contributed by atoms with Gasteiger partial charge in [0.2, 0.25) is 5.91 Å². The fourth-order valence-corrected chi connectivity index (χ4v) is 10.2. The van der Waals surface area contributed by atoms with Crippen molar-refractivity contribution in [1.82, 2.24) is 5.32 Å². The predicted octanol–water partition coefficient (Wildman–Crippen LogP) is 19.3. The van der Waals surface area contributed by atoms with E-state index in [1.54, 1.807) is 6.08 Å². The molecule has 9 heteroatoms. The Hall–Kier alpha value is -1.28. The molecule has 8 nitrogen and oxygen atoms in total. The number of quaternary nitrogens is 1. The van der Waals surface area contributed by atoms with E-state index in [9.17, 15) is 19.4 Å². The summed E-state index contributed by atoms with van der Waals surface area (Å²) in [6, 6.07) is -0.868. The molecule has 3 N–H and O–H groups in total. The van der Waals surface area contributed by atoms with Crippen LogP contribution >= 0.6 is 7.82 Å². The molecule has 0 aliphatic rings. The van der Waals surface area contributed by atoms with Crippen LogP contribution in [0.15, 0.2) is 36.5 Å². The number of phosphoric acid groups is 1. The van der Waals surface area contributed by atoms with Crippen LogP contribution < -0.4 is 5.32 Å². The number of hydrogen-bond acceptors (Lipinski definition) is 5. The summed E-state index contributed by atoms with van der Waals surface area (Å²) >= 11 is 0. The maximum atomic E-state index is 13.0. The van der Waals surface area contributed by atoms with Crippen molar-refractivity contribution in [2.24, 2.45) is 0 Å². The quantitative estimate of drug-likeness (QED) is 0.0243. The summed E-state index contributed by atoms with van der Waals surface area (Å²) in [5.41, 5.74) is 0. The number of aliphatic hydroxyl groups is 1. The van der Waals surface area contributed by atoms with Gasteiger partial charge < -0.3 is 19.8 Å². The van der Waals surface area contributed by atoms with Crippen molar-refractivity contribution in [3.63, 3.8) is 0 Å². The van der Waals surface area contributed by atoms with Gasteiger partial charge in [0.25, 0.3) is 0 Å². The summed E-state index contributed by atoms with van der Waals surface area (Å²) < 4.78 is 23.7. The molecule has 3 atom stereocenters. The van der Waals surface area contributed by atoms with Gasteiger partial charge in [0.1, 0.15) is 13.2 Å². The van der Waals surface area contributed by atoms with Gasteiger partial charge in [-0.25, -0.2) is 4.57 Å². The predicted molar refractivity (Wildman–Crippen MR) is 314 cm³/mol. The highest BCUT2D eigenvalue weighted by atomic mass is 31.2. The zero-order valence-corrected chi connectivity index (χ0v) is 49.6. The second-order valence-electron chi connectivity index (χ2n) is 22.8. The fourth-order valence-electron chi connectivity index (χ4n) is 9.43. The Morgan fingerprint density at radius 2 is 0.764 bits per heavy atom. The zero-order chi connectivity index (χ0) is 52.7. The van der Waals surface area contributed by atoms with Crippen LogP contribution in [0.2, 0.25) is 0 Å². The van der Waals surface area contributed by atoms with Crippen LogP contribution in [0.25, 0.3) is 0 Å². The Balaban J connectivity index is 4.20. The molecule has 0 radical (unpaired) electrons. The summed E-state index contributed by atoms with van der Waals surface area (Å²) in [6.07, 6.45) is 71.3. The van der Waals surface area contributed by atoms with Gasteiger partial charge in [-0.1, -0.05) is 294 Å². The van der Waals surface area contributed by atoms with E-state index in [0.717, 1.165) is 44.9 Å². The van der Waals surface area contributed by atoms with Gasteiger partial charge in [-0.2, -0.15) is 0 Å². The first kappa shape index (κ1) is 70.7. The highest BCUT2D eigenvalue weighted by molar-refractivity contribution is 7.47. The topological polar surface area (TPSA) is 105 Å². The second kappa shape index (κ2) is 54.5. The number of nitrogens with zero attached hydrogens (tertiary/aromatic N) is 1. The first-order valence-corrected chi connectivity index (χ1v) is 32.9. The Bertz CT molecular complexity index is 1270. The van der Waals surface area contributed by atoms with Crippen LogP contribution in [0.1, 0.15) is 309 Å². The van der Waals surface area contributed by atoms with E-state index in [2.05, 4.69) is 43.5 Å². The number of carbonyl (C=O) groups excluding carboxylic acids is 1. The van der Waals surface area contributed by atoms with Gasteiger partial charge in [0.05, 0.1) is 39.9 Å². The minimum Gasteiger partial charge on any atom is -0.387 e. The lowest BCUT2D eigenvalue weighted by atomic mass is 10.0. The molecule has 0 aliphatic heterocycles. The first-order chi connectivity index (χ1) is 35.0. The molecule has 0 aromatic carbocycles. The van der Waals surface area contributed by atoms with Gasteiger partial charge in [-0.15, -0.1) is 0 Å². The van der Waals surface area contributed by atoms with Crippen LogP contribution in [0, 0.1) is 0 Å². The lowest BCUT2D eigenvalue weighted by Crippen LogP contribution is -2.45. The van der Waals surface area contributed by atoms with Crippen LogP contribution in [0.3, 0.4) is 0 Å². The Kier molecular flexibility index (Phi) is 53.5. The molecular formula is C63H124N2O6P+. The molecule has 0 aliphatic carbocycles. The summed E-state index contributed by atoms with van der Waals surface area (Å²) in [5.74, 6) is -0.185. The van der Waals surface area contributed by atoms with Crippen LogP contribution in [0.5, 0.6) is 0 Å². The number of nitrogens with one attached hydrogen (secondary N) is 1. The van der Waals surface area contributed by atoms with Crippen LogP contribution in [-0.4, -0.2) is 73.4 Å². The highest BCUT2D eigenvalue weighted by Crippen LogP contribution is 2.43. The molecule has 0 saturated heterocycles. The highest BCUT2D eigenvalue weighted by Gasteiger charge is 2.27. The lowest BCUT2D eigenvalue weighted by Gasteiger charge is -2.25. The second-order valence-corrected chi connectivity index (χ2v) is 24.2. The molecule has 72 heavy (non-hydrogen) atoms. The first-order valence-electron chi connectivity index (χ1n) is 31.4. The molecule has 426 valence electrons. The fraction of sp³-hybridized carbons (Fsp3) is 0.889. The van der Waals surface area contributed by atoms with Gasteiger partial charge in [-0.05, 0) is 44.9 Å². The van der Waals surface area contributed by atoms with E-state index in [4.69, 9.17) is 9.05 Å². The summed E-state index contributed by atoms with van der Waals surface area (Å²) in [7, 11) is 1.56. The third kappa shape index (κ3) is 56.4. The Morgan fingerprint density at radius 1 is 0.458 bits per heavy atom. The number of amides is 1. The van der Waals surface area contributed by atoms with E-state index < -0.39 is 20.0 Å². The lowest BCUT2D eigenvalue weighted by molar-refractivity contribution is -0.870. The van der Waals surface area contributed by atoms with Gasteiger partial charge in [0, 0.05) is 6.42 Å². The molecule has 0 aromatic heterocycles. The van der Waals surface area contributed by atoms with Crippen molar-refractivity contribution in [3.8, 4) is 0 Å². The third-order valence-corrected chi connectivity index (χ3v) is 15.3. The number of likely N-dealkylation sites (N-methyl/N-ethyl adjacent to an activating group) is 1. The normalized spacial score (nSPS) is 14.0. The number of rotatable bonds is 58. The molecular weight excluding hydrogens is 912 g/mol. The maximum Gasteiger partial charge on any atom is 0.472 e. The van der Waals surface area contributed by atoms with Crippen molar-refractivity contribution in [2.45, 2.75) is 321 Å². The molecule has 0 heterocycles. The number of carbonyl (C=O) groups is 1. The van der Waals surface area contributed by atoms with Gasteiger partial charge in [0.15, 0.2) is 0 Å². The van der Waals surface area contributed by atoms with E-state index in [0.29, 0.717) is 17.4 Å². The number of unbranched alkanes of at least 4 members (excludes halogenated alkanes) is 41. The molecule has 0 bridgehead atoms. The van der Waals surface area contributed by atoms with Crippen LogP contribution in [0.4, 0.5) is 0 Å². The standard InChI is InChI=1S/C63H123N2O6P/c1-6-8-10-12-14-16-18-20-22-24-26-28-30-32-33-34-36-38-40-42-44-46-48-50-52-54-56-62(66)61(60-71-72(68,69)70-59-58-65(3,4)5)64-63(67)57-55-53-51-49-47-45-43-41-39-37-35-31-29-27-25-23-21-19-17-15-13-11-9-7-2/h38,40,46,48,54,56,61-62,66H,6-37,39,41-45,47,49-53,55,57-60H2,1-5H3,(H-,64,67,68,69)/p+1/b40-38+,48-46+,56-54+. The summed E-state index contributed by atoms with van der Waals surface area (Å²) in [6.45, 7) is 4.84. The molecule has 1 amide bonds. The Morgan fingerprint density at radius 3 is 1.11 bits per heavy atom. The zero-order valence-electron chi connectivity index (χ0n) is 48.7. The van der Waals surface area contributed by atoms with Gasteiger partial charge in [-0.3, -0.25) is 13.8 Å². The molecule has 3 unspecified atom stereocenters. The summed E-state index contributed by atoms with van der Waals surface area (Å²) in [4.78, 5) is 23.3. The number of aliphatic hydroxyl groups excluding tert-OH is 1. The summed E-state index contributed by atoms with van der Waals surface area (Å²) in [5, 5.41) is 13.9. The van der Waals surface area contributed by atoms with E-state index in [1.165, 1.54) is 244 Å².